The Kier molecular flexibility index (Phi) is 4.62. The van der Waals surface area contributed by atoms with E-state index < -0.39 is 5.97 Å². The molecule has 0 spiro atoms. The second-order valence-corrected chi connectivity index (χ2v) is 4.57. The van der Waals surface area contributed by atoms with Crippen LogP contribution in [0.25, 0.3) is 11.5 Å². The summed E-state index contributed by atoms with van der Waals surface area (Å²) in [7, 11) is 1.59. The van der Waals surface area contributed by atoms with Gasteiger partial charge < -0.3 is 13.9 Å². The molecule has 0 saturated carbocycles. The topological polar surface area (TPSA) is 61.6 Å². The van der Waals surface area contributed by atoms with Gasteiger partial charge in [0.25, 0.3) is 0 Å². The number of hydrogen-bond donors (Lipinski definition) is 0. The number of carbonyl (C=O) groups excluding carboxylic acids is 1. The van der Waals surface area contributed by atoms with Crippen LogP contribution in [0.3, 0.4) is 0 Å². The Morgan fingerprint density at radius 2 is 2.10 bits per heavy atom. The van der Waals surface area contributed by atoms with E-state index in [0.29, 0.717) is 30.4 Å². The molecule has 1 heterocycles. The van der Waals surface area contributed by atoms with Crippen LogP contribution in [0.2, 0.25) is 0 Å². The molecular weight excluding hydrogens is 270 g/mol. The number of esters is 1. The normalized spacial score (nSPS) is 10.5. The van der Waals surface area contributed by atoms with Crippen molar-refractivity contribution in [1.29, 1.82) is 0 Å². The predicted molar refractivity (Wildman–Crippen MR) is 78.6 cm³/mol. The number of hydrogen-bond acceptors (Lipinski definition) is 5. The van der Waals surface area contributed by atoms with E-state index >= 15 is 0 Å². The van der Waals surface area contributed by atoms with E-state index in [1.165, 1.54) is 0 Å². The molecule has 1 aromatic heterocycles. The Hall–Kier alpha value is -2.30. The summed E-state index contributed by atoms with van der Waals surface area (Å²) in [5.41, 5.74) is 2.37. The number of carbonyl (C=O) groups is 1. The first-order valence-corrected chi connectivity index (χ1v) is 6.92. The third kappa shape index (κ3) is 3.07. The molecule has 112 valence electrons. The molecular formula is C16H19NO4. The van der Waals surface area contributed by atoms with Gasteiger partial charge in [-0.05, 0) is 32.4 Å². The smallest absolute Gasteiger partial charge is 0.376 e. The minimum absolute atomic E-state index is 0.165. The quantitative estimate of drug-likeness (QED) is 0.789. The largest absolute Gasteiger partial charge is 0.496 e. The van der Waals surface area contributed by atoms with Gasteiger partial charge in [-0.3, -0.25) is 0 Å². The van der Waals surface area contributed by atoms with Crippen molar-refractivity contribution in [3.8, 4) is 17.2 Å². The molecule has 0 saturated heterocycles. The lowest BCUT2D eigenvalue weighted by molar-refractivity contribution is 0.0489. The fourth-order valence-corrected chi connectivity index (χ4v) is 2.05. The molecule has 0 bridgehead atoms. The number of nitrogens with zero attached hydrogens (tertiary/aromatic N) is 1. The van der Waals surface area contributed by atoms with E-state index in [0.717, 1.165) is 11.1 Å². The SMILES string of the molecule is CCOC(=O)c1oc(-c2cc(C)ccc2OC)nc1CC. The van der Waals surface area contributed by atoms with Crippen molar-refractivity contribution in [2.45, 2.75) is 27.2 Å². The van der Waals surface area contributed by atoms with Crippen molar-refractivity contribution >= 4 is 5.97 Å². The standard InChI is InChI=1S/C16H19NO4/c1-5-12-14(16(18)20-6-2)21-15(17-12)11-9-10(3)7-8-13(11)19-4/h7-9H,5-6H2,1-4H3. The highest BCUT2D eigenvalue weighted by molar-refractivity contribution is 5.88. The molecule has 0 atom stereocenters. The summed E-state index contributed by atoms with van der Waals surface area (Å²) < 4.78 is 16.0. The summed E-state index contributed by atoms with van der Waals surface area (Å²) in [5, 5.41) is 0. The Balaban J connectivity index is 2.50. The second kappa shape index (κ2) is 6.43. The van der Waals surface area contributed by atoms with Crippen molar-refractivity contribution in [3.05, 3.63) is 35.2 Å². The van der Waals surface area contributed by atoms with Crippen LogP contribution in [-0.2, 0) is 11.2 Å². The highest BCUT2D eigenvalue weighted by Crippen LogP contribution is 2.32. The van der Waals surface area contributed by atoms with Gasteiger partial charge in [0.05, 0.1) is 25.0 Å². The van der Waals surface area contributed by atoms with E-state index in [4.69, 9.17) is 13.9 Å². The van der Waals surface area contributed by atoms with Crippen LogP contribution in [0.1, 0.15) is 35.7 Å². The number of oxazole rings is 1. The summed E-state index contributed by atoms with van der Waals surface area (Å²) in [6.45, 7) is 5.94. The molecule has 21 heavy (non-hydrogen) atoms. The molecule has 0 fully saturated rings. The van der Waals surface area contributed by atoms with Crippen molar-refractivity contribution in [3.63, 3.8) is 0 Å². The molecule has 0 radical (unpaired) electrons. The molecule has 1 aromatic carbocycles. The van der Waals surface area contributed by atoms with Gasteiger partial charge in [-0.15, -0.1) is 0 Å². The van der Waals surface area contributed by atoms with Gasteiger partial charge >= 0.3 is 5.97 Å². The zero-order chi connectivity index (χ0) is 15.4. The van der Waals surface area contributed by atoms with Crippen molar-refractivity contribution < 1.29 is 18.7 Å². The van der Waals surface area contributed by atoms with E-state index in [2.05, 4.69) is 4.98 Å². The Bertz CT molecular complexity index is 646. The molecule has 2 rings (SSSR count). The number of benzene rings is 1. The third-order valence-corrected chi connectivity index (χ3v) is 3.08. The fourth-order valence-electron chi connectivity index (χ4n) is 2.05. The summed E-state index contributed by atoms with van der Waals surface area (Å²) in [4.78, 5) is 16.3. The maximum absolute atomic E-state index is 11.9. The van der Waals surface area contributed by atoms with Crippen molar-refractivity contribution in [2.24, 2.45) is 0 Å². The summed E-state index contributed by atoms with van der Waals surface area (Å²) in [5.74, 6) is 0.702. The van der Waals surface area contributed by atoms with Crippen LogP contribution in [0.15, 0.2) is 22.6 Å². The van der Waals surface area contributed by atoms with E-state index in [9.17, 15) is 4.79 Å². The van der Waals surface area contributed by atoms with Crippen LogP contribution in [0, 0.1) is 6.92 Å². The van der Waals surface area contributed by atoms with E-state index in [-0.39, 0.29) is 5.76 Å². The van der Waals surface area contributed by atoms with Crippen LogP contribution in [0.4, 0.5) is 0 Å². The Labute approximate surface area is 123 Å². The fraction of sp³-hybridized carbons (Fsp3) is 0.375. The minimum Gasteiger partial charge on any atom is -0.496 e. The molecule has 0 unspecified atom stereocenters. The van der Waals surface area contributed by atoms with Crippen LogP contribution >= 0.6 is 0 Å². The van der Waals surface area contributed by atoms with Gasteiger partial charge in [0, 0.05) is 0 Å². The van der Waals surface area contributed by atoms with Gasteiger partial charge in [0.1, 0.15) is 5.75 Å². The molecule has 5 heteroatoms. The monoisotopic (exact) mass is 289 g/mol. The Morgan fingerprint density at radius 3 is 2.71 bits per heavy atom. The summed E-state index contributed by atoms with van der Waals surface area (Å²) in [6.07, 6.45) is 0.589. The van der Waals surface area contributed by atoms with Gasteiger partial charge in [-0.1, -0.05) is 18.6 Å². The number of aromatic nitrogens is 1. The van der Waals surface area contributed by atoms with Crippen LogP contribution in [-0.4, -0.2) is 24.7 Å². The van der Waals surface area contributed by atoms with Crippen molar-refractivity contribution in [2.75, 3.05) is 13.7 Å². The highest BCUT2D eigenvalue weighted by Gasteiger charge is 2.22. The third-order valence-electron chi connectivity index (χ3n) is 3.08. The zero-order valence-electron chi connectivity index (χ0n) is 12.7. The lowest BCUT2D eigenvalue weighted by Crippen LogP contribution is -2.05. The second-order valence-electron chi connectivity index (χ2n) is 4.57. The Morgan fingerprint density at radius 1 is 1.33 bits per heavy atom. The molecule has 5 nitrogen and oxygen atoms in total. The number of rotatable bonds is 5. The highest BCUT2D eigenvalue weighted by atomic mass is 16.5. The first-order chi connectivity index (χ1) is 10.1. The van der Waals surface area contributed by atoms with Gasteiger partial charge in [-0.2, -0.15) is 0 Å². The van der Waals surface area contributed by atoms with Crippen LogP contribution in [0.5, 0.6) is 5.75 Å². The van der Waals surface area contributed by atoms with Crippen LogP contribution < -0.4 is 4.74 Å². The number of aryl methyl sites for hydroxylation is 2. The van der Waals surface area contributed by atoms with Crippen molar-refractivity contribution in [1.82, 2.24) is 4.98 Å². The van der Waals surface area contributed by atoms with Gasteiger partial charge in [0.15, 0.2) is 0 Å². The zero-order valence-corrected chi connectivity index (χ0v) is 12.7. The maximum Gasteiger partial charge on any atom is 0.376 e. The molecule has 2 aromatic rings. The first kappa shape index (κ1) is 15.1. The number of ether oxygens (including phenoxy) is 2. The first-order valence-electron chi connectivity index (χ1n) is 6.92. The summed E-state index contributed by atoms with van der Waals surface area (Å²) in [6, 6.07) is 5.71. The average Bonchev–Trinajstić information content (AvgIpc) is 2.91. The van der Waals surface area contributed by atoms with Gasteiger partial charge in [-0.25, -0.2) is 9.78 Å². The number of methoxy groups -OCH3 is 1. The molecule has 0 amide bonds. The lowest BCUT2D eigenvalue weighted by Gasteiger charge is -2.06. The lowest BCUT2D eigenvalue weighted by atomic mass is 10.1. The maximum atomic E-state index is 11.9. The molecule has 0 N–H and O–H groups in total. The predicted octanol–water partition coefficient (Wildman–Crippen LogP) is 3.40. The van der Waals surface area contributed by atoms with Gasteiger partial charge in [0.2, 0.25) is 11.7 Å². The van der Waals surface area contributed by atoms with E-state index in [1.54, 1.807) is 14.0 Å². The molecule has 0 aliphatic rings. The minimum atomic E-state index is -0.486. The summed E-state index contributed by atoms with van der Waals surface area (Å²) >= 11 is 0. The van der Waals surface area contributed by atoms with E-state index in [1.807, 2.05) is 32.0 Å². The molecule has 0 aliphatic carbocycles. The average molecular weight is 289 g/mol. The molecule has 0 aliphatic heterocycles.